The number of esters is 1. The molecule has 3 aliphatic carbocycles. The van der Waals surface area contributed by atoms with Crippen LogP contribution >= 0.6 is 71.0 Å². The number of rotatable bonds is 35. The molecule has 0 spiro atoms. The van der Waals surface area contributed by atoms with E-state index in [4.69, 9.17) is 50.5 Å². The van der Waals surface area contributed by atoms with Crippen LogP contribution in [0.2, 0.25) is 15.1 Å². The maximum absolute atomic E-state index is 11.5. The Kier molecular flexibility index (Phi) is 36.8. The van der Waals surface area contributed by atoms with Crippen molar-refractivity contribution in [3.8, 4) is 0 Å². The highest BCUT2D eigenvalue weighted by molar-refractivity contribution is 7.99. The summed E-state index contributed by atoms with van der Waals surface area (Å²) in [6.07, 6.45) is 22.4. The first-order valence-electron chi connectivity index (χ1n) is 45.8. The van der Waals surface area contributed by atoms with Gasteiger partial charge in [0.15, 0.2) is 0 Å². The van der Waals surface area contributed by atoms with Crippen LogP contribution in [0.4, 0.5) is 0 Å². The number of nitrogens with two attached hydrogens (primary N) is 1. The van der Waals surface area contributed by atoms with Gasteiger partial charge in [0.05, 0.1) is 76.5 Å². The molecule has 3 aliphatic rings. The van der Waals surface area contributed by atoms with Crippen LogP contribution in [0, 0.1) is 29.6 Å². The second kappa shape index (κ2) is 48.0. The van der Waals surface area contributed by atoms with E-state index in [1.54, 1.807) is 13.8 Å². The minimum Gasteiger partial charge on any atom is -0.481 e. The fraction of sp³-hybridized carbons (Fsp3) is 0.316. The monoisotopic (exact) mass is 1910 g/mol. The summed E-state index contributed by atoms with van der Waals surface area (Å²) in [6.45, 7) is 13.6. The molecular weight excluding hydrogens is 1790 g/mol. The standard InChI is InChI=1S/2C35H36ClNO3S.C29H28ClNO2.C8H11N.C7H12O2S/c2*1-34(2,40)30-9-4-3-7-25(30)13-17-32(41-23-35(18-19-35)22-33(38)39)27-8-5-6-24(20-27)10-15-29-16-12-26-11-14-28(36)21-31(26)37-29;1-29(2,33)26-9-4-3-7-21(26)13-17-28(32)23-8-5-6-20(18-23)10-15-25-16-12-22-11-14-24(30)19-27(22)31-25;1-7-2-4-8(6-9)5-3-7;1-9-7(8)3-5-2-6(5)4-10/h2*3-12,14-16,20-21,32,40H,13,17-19,22-23H2,1-2H3,(H,38,39);3-12,14-16,18-19,28,32-33H,13,17H2,1-2H3;2-5H,6,9H2,1H3;5-6,10H,2-4H2,1H3/b3*15-10+;;/t2*32-;;;/m11.../s1. The first-order valence-corrected chi connectivity index (χ1v) is 49.7. The van der Waals surface area contributed by atoms with Crippen molar-refractivity contribution in [2.24, 2.45) is 28.4 Å². The van der Waals surface area contributed by atoms with Crippen molar-refractivity contribution in [2.75, 3.05) is 24.4 Å². The number of nitrogens with zero attached hydrogens (tertiary/aromatic N) is 3. The third kappa shape index (κ3) is 31.7. The summed E-state index contributed by atoms with van der Waals surface area (Å²) < 4.78 is 4.53. The van der Waals surface area contributed by atoms with E-state index in [0.29, 0.717) is 52.7 Å². The molecule has 10 aromatic carbocycles. The highest BCUT2D eigenvalue weighted by Gasteiger charge is 2.46. The molecule has 16 rings (SSSR count). The van der Waals surface area contributed by atoms with Gasteiger partial charge < -0.3 is 41.1 Å². The summed E-state index contributed by atoms with van der Waals surface area (Å²) in [6, 6.07) is 86.7. The number of carbonyl (C=O) groups excluding carboxylic acids is 1. The average molecular weight is 1910 g/mol. The summed E-state index contributed by atoms with van der Waals surface area (Å²) in [5, 5.41) is 67.2. The number of benzene rings is 10. The molecule has 0 radical (unpaired) electrons. The third-order valence-electron chi connectivity index (χ3n) is 24.8. The molecule has 698 valence electrons. The van der Waals surface area contributed by atoms with Crippen LogP contribution in [0.15, 0.2) is 261 Å². The van der Waals surface area contributed by atoms with Crippen LogP contribution in [0.1, 0.15) is 224 Å². The fourth-order valence-electron chi connectivity index (χ4n) is 16.6. The molecule has 8 N–H and O–H groups in total. The highest BCUT2D eigenvalue weighted by Crippen LogP contribution is 2.55. The van der Waals surface area contributed by atoms with Crippen LogP contribution in [0.5, 0.6) is 0 Å². The Morgan fingerprint density at radius 1 is 0.463 bits per heavy atom. The van der Waals surface area contributed by atoms with E-state index in [0.717, 1.165) is 180 Å². The van der Waals surface area contributed by atoms with Crippen LogP contribution in [-0.4, -0.2) is 87.9 Å². The van der Waals surface area contributed by atoms with Gasteiger partial charge in [-0.25, -0.2) is 15.0 Å². The van der Waals surface area contributed by atoms with Crippen LogP contribution in [0.25, 0.3) is 69.2 Å². The molecule has 3 aromatic heterocycles. The number of carboxylic acids is 2. The number of fused-ring (bicyclic) bond motifs is 3. The summed E-state index contributed by atoms with van der Waals surface area (Å²) in [7, 11) is 1.43. The number of carbonyl (C=O) groups is 3. The normalized spacial score (nSPS) is 15.4. The Labute approximate surface area is 818 Å². The summed E-state index contributed by atoms with van der Waals surface area (Å²) in [5.41, 5.74) is 22.8. The molecule has 3 heterocycles. The van der Waals surface area contributed by atoms with Gasteiger partial charge in [-0.3, -0.25) is 14.4 Å². The molecule has 3 saturated carbocycles. The second-order valence-electron chi connectivity index (χ2n) is 37.2. The van der Waals surface area contributed by atoms with E-state index in [2.05, 4.69) is 138 Å². The predicted octanol–water partition coefficient (Wildman–Crippen LogP) is 27.4. The van der Waals surface area contributed by atoms with Crippen molar-refractivity contribution >= 4 is 158 Å². The largest absolute Gasteiger partial charge is 0.481 e. The maximum atomic E-state index is 11.5. The van der Waals surface area contributed by atoms with E-state index in [1.165, 1.54) is 29.4 Å². The number of aryl methyl sites for hydroxylation is 4. The van der Waals surface area contributed by atoms with Gasteiger partial charge in [0.25, 0.3) is 0 Å². The maximum Gasteiger partial charge on any atom is 0.305 e. The molecule has 5 atom stereocenters. The quantitative estimate of drug-likeness (QED) is 0.0136. The van der Waals surface area contributed by atoms with E-state index in [1.807, 2.05) is 239 Å². The lowest BCUT2D eigenvalue weighted by Gasteiger charge is -2.24. The number of aliphatic hydroxyl groups excluding tert-OH is 1. The number of hydrogen-bond donors (Lipinski definition) is 8. The van der Waals surface area contributed by atoms with Gasteiger partial charge in [0.2, 0.25) is 0 Å². The molecule has 3 unspecified atom stereocenters. The van der Waals surface area contributed by atoms with Crippen molar-refractivity contribution in [3.05, 3.63) is 371 Å². The van der Waals surface area contributed by atoms with Crippen molar-refractivity contribution < 1.29 is 49.8 Å². The Morgan fingerprint density at radius 2 is 0.813 bits per heavy atom. The number of thioether (sulfide) groups is 2. The lowest BCUT2D eigenvalue weighted by Crippen LogP contribution is -2.18. The summed E-state index contributed by atoms with van der Waals surface area (Å²) in [5.74, 6) is 2.29. The number of methoxy groups -OCH3 is 1. The van der Waals surface area contributed by atoms with Gasteiger partial charge in [0.1, 0.15) is 0 Å². The number of ether oxygens (including phenoxy) is 1. The smallest absolute Gasteiger partial charge is 0.305 e. The van der Waals surface area contributed by atoms with Gasteiger partial charge in [-0.05, 0) is 299 Å². The zero-order chi connectivity index (χ0) is 95.7. The number of aromatic nitrogens is 3. The Bertz CT molecular complexity index is 6020. The summed E-state index contributed by atoms with van der Waals surface area (Å²) in [4.78, 5) is 47.8. The van der Waals surface area contributed by atoms with Crippen molar-refractivity contribution in [3.63, 3.8) is 0 Å². The third-order valence-corrected chi connectivity index (χ3v) is 29.3. The first-order chi connectivity index (χ1) is 64.1. The number of halogens is 3. The number of hydrogen-bond acceptors (Lipinski definition) is 15. The van der Waals surface area contributed by atoms with Gasteiger partial charge in [0, 0.05) is 66.2 Å². The van der Waals surface area contributed by atoms with Crippen molar-refractivity contribution in [1.82, 2.24) is 15.0 Å². The molecule has 134 heavy (non-hydrogen) atoms. The topological polar surface area (TPSA) is 247 Å². The van der Waals surface area contributed by atoms with E-state index >= 15 is 0 Å². The minimum absolute atomic E-state index is 0.0814. The molecule has 0 amide bonds. The van der Waals surface area contributed by atoms with E-state index < -0.39 is 34.8 Å². The number of aliphatic carboxylic acids is 2. The number of carboxylic acid groups (broad SMARTS) is 2. The zero-order valence-electron chi connectivity index (χ0n) is 77.5. The van der Waals surface area contributed by atoms with Gasteiger partial charge >= 0.3 is 17.9 Å². The lowest BCUT2D eigenvalue weighted by atomic mass is 9.90. The Morgan fingerprint density at radius 3 is 1.15 bits per heavy atom. The lowest BCUT2D eigenvalue weighted by molar-refractivity contribution is -0.141. The molecule has 20 heteroatoms. The molecular formula is C114H123Cl3N4O10S3. The zero-order valence-corrected chi connectivity index (χ0v) is 82.3. The molecule has 3 fully saturated rings. The van der Waals surface area contributed by atoms with Crippen LogP contribution in [0.3, 0.4) is 0 Å². The molecule has 0 saturated heterocycles. The molecule has 0 aliphatic heterocycles. The number of pyridine rings is 3. The molecule has 0 bridgehead atoms. The van der Waals surface area contributed by atoms with Crippen LogP contribution < -0.4 is 5.73 Å². The molecule has 13 aromatic rings. The van der Waals surface area contributed by atoms with Crippen molar-refractivity contribution in [1.29, 1.82) is 0 Å². The minimum atomic E-state index is -0.911. The van der Waals surface area contributed by atoms with Gasteiger partial charge in [-0.1, -0.05) is 259 Å². The van der Waals surface area contributed by atoms with Crippen molar-refractivity contribution in [2.45, 2.75) is 178 Å². The fourth-order valence-corrected chi connectivity index (χ4v) is 20.7. The SMILES string of the molecule is CC(C)(O)c1ccccc1CCC(O)c1cccc(/C=C/c2ccc3ccc(Cl)cc3n2)c1.CC(C)(O)c1ccccc1CC[C@@H](SCC1(CC(=O)O)CC1)c1cccc(/C=C/c2ccc3ccc(Cl)cc3n2)c1.CC(C)(O)c1ccccc1CC[C@@H](SCC1(CC(=O)O)CC1)c1cccc(/C=C/c2ccc3ccc(Cl)cc3n2)c1.COC(=O)CC1CC1CS.Cc1ccc(CN)cc1. The second-order valence-corrected chi connectivity index (χ2v) is 41.2. The van der Waals surface area contributed by atoms with Gasteiger partial charge in [-0.15, -0.1) is 0 Å². The number of aliphatic hydroxyl groups is 4. The summed E-state index contributed by atoms with van der Waals surface area (Å²) >= 11 is 26.3. The predicted molar refractivity (Wildman–Crippen MR) is 561 cm³/mol. The Hall–Kier alpha value is -10.2. The first kappa shape index (κ1) is 103. The average Bonchev–Trinajstić information content (AvgIpc) is 1.66. The molecule has 14 nitrogen and oxygen atoms in total. The highest BCUT2D eigenvalue weighted by atomic mass is 35.5. The van der Waals surface area contributed by atoms with Gasteiger partial charge in [-0.2, -0.15) is 36.2 Å². The van der Waals surface area contributed by atoms with E-state index in [-0.39, 0.29) is 40.1 Å². The van der Waals surface area contributed by atoms with E-state index in [9.17, 15) is 45.0 Å². The van der Waals surface area contributed by atoms with Crippen LogP contribution in [-0.2, 0) is 61.7 Å². The number of thiol groups is 1. The Balaban J connectivity index is 0.000000165.